The largest absolute Gasteiger partial charge is 0.481 e. The van der Waals surface area contributed by atoms with E-state index in [0.29, 0.717) is 26.1 Å². The number of aliphatic carboxylic acids is 1. The minimum absolute atomic E-state index is 0.142. The highest BCUT2D eigenvalue weighted by Gasteiger charge is 2.40. The molecular weight excluding hydrogens is 358 g/mol. The Hall–Kier alpha value is -0.920. The summed E-state index contributed by atoms with van der Waals surface area (Å²) in [6.45, 7) is 2.83. The summed E-state index contributed by atoms with van der Waals surface area (Å²) in [7, 11) is 0. The van der Waals surface area contributed by atoms with Crippen molar-refractivity contribution in [1.29, 1.82) is 0 Å². The monoisotopic (exact) mass is 375 g/mol. The molecule has 0 aromatic carbocycles. The van der Waals surface area contributed by atoms with Crippen molar-refractivity contribution in [2.24, 2.45) is 5.41 Å². The lowest BCUT2D eigenvalue weighted by molar-refractivity contribution is -0.154. The zero-order valence-electron chi connectivity index (χ0n) is 11.7. The lowest BCUT2D eigenvalue weighted by atomic mass is 9.80. The van der Waals surface area contributed by atoms with Crippen LogP contribution in [0.2, 0.25) is 0 Å². The van der Waals surface area contributed by atoms with Gasteiger partial charge in [0.15, 0.2) is 0 Å². The molecule has 2 heterocycles. The van der Waals surface area contributed by atoms with Gasteiger partial charge in [-0.2, -0.15) is 0 Å². The van der Waals surface area contributed by atoms with Crippen LogP contribution >= 0.6 is 27.3 Å². The smallest absolute Gasteiger partial charge is 0.311 e. The van der Waals surface area contributed by atoms with Crippen LogP contribution in [0.1, 0.15) is 30.6 Å². The number of halogens is 1. The lowest BCUT2D eigenvalue weighted by Gasteiger charge is -2.33. The van der Waals surface area contributed by atoms with E-state index in [4.69, 9.17) is 4.74 Å². The van der Waals surface area contributed by atoms with Crippen LogP contribution in [0.5, 0.6) is 0 Å². The number of thiophene rings is 1. The molecule has 2 rings (SSSR count). The summed E-state index contributed by atoms with van der Waals surface area (Å²) in [5.74, 6) is -1.29. The molecular formula is C14H18BrNO4S. The average molecular weight is 376 g/mol. The van der Waals surface area contributed by atoms with Crippen LogP contribution in [-0.2, 0) is 14.3 Å². The first-order valence-corrected chi connectivity index (χ1v) is 8.40. The van der Waals surface area contributed by atoms with Crippen molar-refractivity contribution in [1.82, 2.24) is 5.32 Å². The number of rotatable bonds is 5. The number of carboxylic acid groups (broad SMARTS) is 1. The van der Waals surface area contributed by atoms with Gasteiger partial charge in [0, 0.05) is 24.6 Å². The van der Waals surface area contributed by atoms with Gasteiger partial charge in [0.1, 0.15) is 0 Å². The molecule has 1 atom stereocenters. The molecule has 1 aliphatic heterocycles. The fourth-order valence-corrected chi connectivity index (χ4v) is 3.80. The number of hydrogen-bond donors (Lipinski definition) is 2. The van der Waals surface area contributed by atoms with Gasteiger partial charge in [0.05, 0.1) is 15.1 Å². The molecule has 2 N–H and O–H groups in total. The molecule has 1 aliphatic rings. The Morgan fingerprint density at radius 1 is 1.48 bits per heavy atom. The minimum Gasteiger partial charge on any atom is -0.481 e. The van der Waals surface area contributed by atoms with E-state index >= 15 is 0 Å². The molecule has 5 nitrogen and oxygen atoms in total. The van der Waals surface area contributed by atoms with Crippen molar-refractivity contribution in [3.63, 3.8) is 0 Å². The number of hydrogen-bond acceptors (Lipinski definition) is 4. The third kappa shape index (κ3) is 3.84. The third-order valence-corrected chi connectivity index (χ3v) is 5.73. The summed E-state index contributed by atoms with van der Waals surface area (Å²) in [5, 5.41) is 12.2. The molecule has 0 saturated carbocycles. The van der Waals surface area contributed by atoms with Crippen LogP contribution < -0.4 is 5.32 Å². The second-order valence-electron chi connectivity index (χ2n) is 5.28. The van der Waals surface area contributed by atoms with E-state index in [2.05, 4.69) is 21.2 Å². The maximum Gasteiger partial charge on any atom is 0.311 e. The first-order chi connectivity index (χ1) is 9.94. The standard InChI is InChI=1S/C14H18BrNO4S/c1-9(10-2-3-11(15)21-10)12(17)16-8-14(13(18)19)4-6-20-7-5-14/h2-3,9H,4-8H2,1H3,(H,16,17)(H,18,19). The zero-order valence-corrected chi connectivity index (χ0v) is 14.1. The van der Waals surface area contributed by atoms with E-state index in [1.807, 2.05) is 19.1 Å². The zero-order chi connectivity index (χ0) is 15.5. The molecule has 116 valence electrons. The normalized spacial score (nSPS) is 19.0. The Morgan fingerprint density at radius 2 is 2.14 bits per heavy atom. The summed E-state index contributed by atoms with van der Waals surface area (Å²) < 4.78 is 6.20. The Balaban J connectivity index is 1.97. The van der Waals surface area contributed by atoms with Crippen LogP contribution in [-0.4, -0.2) is 36.7 Å². The molecule has 0 radical (unpaired) electrons. The second-order valence-corrected chi connectivity index (χ2v) is 7.77. The lowest BCUT2D eigenvalue weighted by Crippen LogP contribution is -2.47. The maximum atomic E-state index is 12.2. The number of carboxylic acids is 1. The molecule has 1 aromatic rings. The summed E-state index contributed by atoms with van der Waals surface area (Å²) >= 11 is 4.88. The first kappa shape index (κ1) is 16.5. The van der Waals surface area contributed by atoms with Gasteiger partial charge in [-0.1, -0.05) is 0 Å². The third-order valence-electron chi connectivity index (χ3n) is 3.92. The van der Waals surface area contributed by atoms with Crippen molar-refractivity contribution >= 4 is 39.1 Å². The predicted octanol–water partition coefficient (Wildman–Crippen LogP) is 2.61. The van der Waals surface area contributed by atoms with Crippen molar-refractivity contribution in [2.45, 2.75) is 25.7 Å². The summed E-state index contributed by atoms with van der Waals surface area (Å²) in [4.78, 5) is 24.7. The molecule has 0 bridgehead atoms. The number of amides is 1. The number of carbonyl (C=O) groups is 2. The summed E-state index contributed by atoms with van der Waals surface area (Å²) in [6, 6.07) is 3.81. The molecule has 0 aliphatic carbocycles. The van der Waals surface area contributed by atoms with Gasteiger partial charge in [-0.15, -0.1) is 11.3 Å². The van der Waals surface area contributed by atoms with Crippen LogP contribution in [0, 0.1) is 5.41 Å². The Bertz CT molecular complexity index is 525. The molecule has 1 saturated heterocycles. The fourth-order valence-electron chi connectivity index (χ4n) is 2.33. The second kappa shape index (κ2) is 6.89. The van der Waals surface area contributed by atoms with E-state index in [1.165, 1.54) is 11.3 Å². The van der Waals surface area contributed by atoms with Gasteiger partial charge in [0.2, 0.25) is 5.91 Å². The van der Waals surface area contributed by atoms with E-state index in [-0.39, 0.29) is 18.4 Å². The van der Waals surface area contributed by atoms with Crippen molar-refractivity contribution in [2.75, 3.05) is 19.8 Å². The van der Waals surface area contributed by atoms with Gasteiger partial charge >= 0.3 is 5.97 Å². The van der Waals surface area contributed by atoms with Gasteiger partial charge in [-0.25, -0.2) is 0 Å². The topological polar surface area (TPSA) is 75.6 Å². The van der Waals surface area contributed by atoms with E-state index < -0.39 is 11.4 Å². The average Bonchev–Trinajstić information content (AvgIpc) is 2.91. The quantitative estimate of drug-likeness (QED) is 0.829. The molecule has 1 amide bonds. The number of carbonyl (C=O) groups excluding carboxylic acids is 1. The number of ether oxygens (including phenoxy) is 1. The van der Waals surface area contributed by atoms with Gasteiger partial charge in [0.25, 0.3) is 0 Å². The van der Waals surface area contributed by atoms with Crippen molar-refractivity contribution in [3.8, 4) is 0 Å². The van der Waals surface area contributed by atoms with E-state index in [1.54, 1.807) is 0 Å². The highest BCUT2D eigenvalue weighted by atomic mass is 79.9. The predicted molar refractivity (Wildman–Crippen MR) is 83.6 cm³/mol. The summed E-state index contributed by atoms with van der Waals surface area (Å²) in [5.41, 5.74) is -0.899. The first-order valence-electron chi connectivity index (χ1n) is 6.79. The highest BCUT2D eigenvalue weighted by molar-refractivity contribution is 9.11. The molecule has 0 spiro atoms. The van der Waals surface area contributed by atoms with Crippen LogP contribution in [0.25, 0.3) is 0 Å². The van der Waals surface area contributed by atoms with Crippen LogP contribution in [0.4, 0.5) is 0 Å². The van der Waals surface area contributed by atoms with Crippen molar-refractivity contribution < 1.29 is 19.4 Å². The highest BCUT2D eigenvalue weighted by Crippen LogP contribution is 2.31. The SMILES string of the molecule is CC(C(=O)NCC1(C(=O)O)CCOCC1)c1ccc(Br)s1. The Labute approximate surface area is 135 Å². The maximum absolute atomic E-state index is 12.2. The fraction of sp³-hybridized carbons (Fsp3) is 0.571. The van der Waals surface area contributed by atoms with Crippen molar-refractivity contribution in [3.05, 3.63) is 20.8 Å². The molecule has 7 heteroatoms. The molecule has 1 fully saturated rings. The van der Waals surface area contributed by atoms with Crippen LogP contribution in [0.15, 0.2) is 15.9 Å². The van der Waals surface area contributed by atoms with E-state index in [0.717, 1.165) is 8.66 Å². The number of nitrogens with one attached hydrogen (secondary N) is 1. The Morgan fingerprint density at radius 3 is 2.67 bits per heavy atom. The summed E-state index contributed by atoms with van der Waals surface area (Å²) in [6.07, 6.45) is 0.864. The van der Waals surface area contributed by atoms with Gasteiger partial charge in [-0.05, 0) is 47.8 Å². The van der Waals surface area contributed by atoms with Gasteiger partial charge < -0.3 is 15.2 Å². The van der Waals surface area contributed by atoms with Crippen LogP contribution in [0.3, 0.4) is 0 Å². The molecule has 21 heavy (non-hydrogen) atoms. The molecule has 1 aromatic heterocycles. The van der Waals surface area contributed by atoms with Gasteiger partial charge in [-0.3, -0.25) is 9.59 Å². The minimum atomic E-state index is -0.899. The molecule has 1 unspecified atom stereocenters. The Kier molecular flexibility index (Phi) is 5.40. The van der Waals surface area contributed by atoms with E-state index in [9.17, 15) is 14.7 Å².